The minimum atomic E-state index is -0.535. The van der Waals surface area contributed by atoms with Crippen molar-refractivity contribution in [3.05, 3.63) is 35.1 Å². The van der Waals surface area contributed by atoms with E-state index in [0.717, 1.165) is 19.3 Å². The zero-order valence-electron chi connectivity index (χ0n) is 9.86. The molecule has 1 aromatic carbocycles. The van der Waals surface area contributed by atoms with Crippen molar-refractivity contribution in [1.82, 2.24) is 0 Å². The molecular weight excluding hydrogens is 231 g/mol. The van der Waals surface area contributed by atoms with Crippen molar-refractivity contribution in [2.75, 3.05) is 0 Å². The fraction of sp³-hybridized carbons (Fsp3) is 0.467. The Morgan fingerprint density at radius 3 is 2.39 bits per heavy atom. The first-order chi connectivity index (χ1) is 8.68. The molecule has 0 N–H and O–H groups in total. The van der Waals surface area contributed by atoms with Crippen LogP contribution < -0.4 is 0 Å². The average Bonchev–Trinajstić information content (AvgIpc) is 2.96. The molecule has 0 radical (unpaired) electrons. The van der Waals surface area contributed by atoms with Crippen molar-refractivity contribution in [2.24, 2.45) is 23.7 Å². The number of Topliss-reactive ketones (excluding diaryl/α,β-unsaturated/α-hetero) is 2. The van der Waals surface area contributed by atoms with E-state index in [9.17, 15) is 14.0 Å². The highest BCUT2D eigenvalue weighted by Crippen LogP contribution is 2.56. The zero-order chi connectivity index (χ0) is 12.4. The van der Waals surface area contributed by atoms with Crippen molar-refractivity contribution < 1.29 is 14.0 Å². The van der Waals surface area contributed by atoms with Crippen LogP contribution in [0.2, 0.25) is 0 Å². The quantitative estimate of drug-likeness (QED) is 0.703. The van der Waals surface area contributed by atoms with Crippen LogP contribution in [0.25, 0.3) is 0 Å². The van der Waals surface area contributed by atoms with Gasteiger partial charge in [0, 0.05) is 17.4 Å². The van der Waals surface area contributed by atoms with E-state index < -0.39 is 5.82 Å². The summed E-state index contributed by atoms with van der Waals surface area (Å²) in [6.07, 6.45) is 3.05. The number of carbonyl (C=O) groups excluding carboxylic acids is 2. The van der Waals surface area contributed by atoms with Crippen LogP contribution in [0.15, 0.2) is 18.2 Å². The summed E-state index contributed by atoms with van der Waals surface area (Å²) in [5.74, 6) is -0.392. The van der Waals surface area contributed by atoms with Gasteiger partial charge in [-0.15, -0.1) is 0 Å². The highest BCUT2D eigenvalue weighted by molar-refractivity contribution is 6.16. The molecule has 4 unspecified atom stereocenters. The largest absolute Gasteiger partial charge is 0.294 e. The monoisotopic (exact) mass is 244 g/mol. The van der Waals surface area contributed by atoms with Crippen molar-refractivity contribution in [3.8, 4) is 0 Å². The predicted molar refractivity (Wildman–Crippen MR) is 62.9 cm³/mol. The van der Waals surface area contributed by atoms with Crippen LogP contribution in [0, 0.1) is 29.5 Å². The third kappa shape index (κ3) is 1.08. The summed E-state index contributed by atoms with van der Waals surface area (Å²) >= 11 is 0. The molecule has 0 aromatic heterocycles. The fourth-order valence-electron chi connectivity index (χ4n) is 4.37. The number of hydrogen-bond acceptors (Lipinski definition) is 2. The lowest BCUT2D eigenvalue weighted by atomic mass is 9.67. The van der Waals surface area contributed by atoms with Crippen LogP contribution in [-0.4, -0.2) is 11.6 Å². The predicted octanol–water partition coefficient (Wildman–Crippen LogP) is 2.87. The number of halogens is 1. The average molecular weight is 244 g/mol. The molecule has 3 aliphatic rings. The van der Waals surface area contributed by atoms with Gasteiger partial charge in [0.1, 0.15) is 5.82 Å². The molecule has 2 nitrogen and oxygen atoms in total. The number of hydrogen-bond donors (Lipinski definition) is 0. The van der Waals surface area contributed by atoms with E-state index in [-0.39, 0.29) is 29.0 Å². The highest BCUT2D eigenvalue weighted by Gasteiger charge is 2.56. The molecule has 1 aromatic rings. The second-order valence-corrected chi connectivity index (χ2v) is 5.78. The minimum Gasteiger partial charge on any atom is -0.294 e. The molecule has 3 aliphatic carbocycles. The van der Waals surface area contributed by atoms with Crippen molar-refractivity contribution in [3.63, 3.8) is 0 Å². The molecule has 4 atom stereocenters. The SMILES string of the molecule is O=C1c2cccc(F)c2C(=O)C2C3CCC(C3)C12. The Balaban J connectivity index is 1.94. The summed E-state index contributed by atoms with van der Waals surface area (Å²) in [5, 5.41) is 0. The standard InChI is InChI=1S/C15H13FO2/c16-10-3-1-2-9-13(10)15(18)12-8-5-4-7(6-8)11(12)14(9)17/h1-3,7-8,11-12H,4-6H2. The number of fused-ring (bicyclic) bond motifs is 6. The summed E-state index contributed by atoms with van der Waals surface area (Å²) < 4.78 is 13.8. The van der Waals surface area contributed by atoms with Gasteiger partial charge in [-0.3, -0.25) is 9.59 Å². The van der Waals surface area contributed by atoms with Crippen molar-refractivity contribution in [2.45, 2.75) is 19.3 Å². The molecule has 3 heteroatoms. The van der Waals surface area contributed by atoms with Gasteiger partial charge in [-0.2, -0.15) is 0 Å². The smallest absolute Gasteiger partial charge is 0.170 e. The van der Waals surface area contributed by atoms with Gasteiger partial charge in [-0.05, 0) is 37.2 Å². The van der Waals surface area contributed by atoms with Crippen LogP contribution in [0.3, 0.4) is 0 Å². The van der Waals surface area contributed by atoms with E-state index in [1.807, 2.05) is 0 Å². The Morgan fingerprint density at radius 2 is 1.67 bits per heavy atom. The van der Waals surface area contributed by atoms with Crippen LogP contribution in [0.5, 0.6) is 0 Å². The third-order valence-corrected chi connectivity index (χ3v) is 5.05. The molecule has 2 bridgehead atoms. The first-order valence-electron chi connectivity index (χ1n) is 6.55. The van der Waals surface area contributed by atoms with E-state index in [4.69, 9.17) is 0 Å². The summed E-state index contributed by atoms with van der Waals surface area (Å²) in [7, 11) is 0. The molecule has 0 saturated heterocycles. The van der Waals surface area contributed by atoms with Gasteiger partial charge in [0.15, 0.2) is 11.6 Å². The molecule has 0 spiro atoms. The lowest BCUT2D eigenvalue weighted by molar-refractivity contribution is 0.0656. The van der Waals surface area contributed by atoms with Crippen LogP contribution in [0.1, 0.15) is 40.0 Å². The van der Waals surface area contributed by atoms with Gasteiger partial charge in [0.2, 0.25) is 0 Å². The third-order valence-electron chi connectivity index (χ3n) is 5.05. The molecule has 2 fully saturated rings. The van der Waals surface area contributed by atoms with Crippen molar-refractivity contribution >= 4 is 11.6 Å². The van der Waals surface area contributed by atoms with E-state index in [0.29, 0.717) is 17.4 Å². The van der Waals surface area contributed by atoms with Gasteiger partial charge in [0.25, 0.3) is 0 Å². The Morgan fingerprint density at radius 1 is 1.00 bits per heavy atom. The molecule has 0 heterocycles. The lowest BCUT2D eigenvalue weighted by Gasteiger charge is -2.33. The van der Waals surface area contributed by atoms with E-state index in [1.165, 1.54) is 12.1 Å². The van der Waals surface area contributed by atoms with Gasteiger partial charge < -0.3 is 0 Å². The molecule has 2 saturated carbocycles. The maximum absolute atomic E-state index is 13.8. The van der Waals surface area contributed by atoms with Gasteiger partial charge >= 0.3 is 0 Å². The zero-order valence-corrected chi connectivity index (χ0v) is 9.86. The second-order valence-electron chi connectivity index (χ2n) is 5.78. The highest BCUT2D eigenvalue weighted by atomic mass is 19.1. The molecular formula is C15H13FO2. The molecule has 0 amide bonds. The first-order valence-corrected chi connectivity index (χ1v) is 6.55. The Hall–Kier alpha value is -1.51. The first kappa shape index (κ1) is 10.4. The Kier molecular flexibility index (Phi) is 1.90. The number of carbonyl (C=O) groups is 2. The van der Waals surface area contributed by atoms with Gasteiger partial charge in [0.05, 0.1) is 5.56 Å². The second kappa shape index (κ2) is 3.28. The fourth-order valence-corrected chi connectivity index (χ4v) is 4.37. The van der Waals surface area contributed by atoms with E-state index in [1.54, 1.807) is 6.07 Å². The minimum absolute atomic E-state index is 0.00120. The topological polar surface area (TPSA) is 34.1 Å². The van der Waals surface area contributed by atoms with Crippen LogP contribution >= 0.6 is 0 Å². The van der Waals surface area contributed by atoms with E-state index >= 15 is 0 Å². The molecule has 4 rings (SSSR count). The summed E-state index contributed by atoms with van der Waals surface area (Å²) in [4.78, 5) is 24.9. The Labute approximate surface area is 104 Å². The number of ketones is 2. The molecule has 92 valence electrons. The van der Waals surface area contributed by atoms with Gasteiger partial charge in [-0.25, -0.2) is 4.39 Å². The number of rotatable bonds is 0. The maximum Gasteiger partial charge on any atom is 0.170 e. The van der Waals surface area contributed by atoms with E-state index in [2.05, 4.69) is 0 Å². The summed E-state index contributed by atoms with van der Waals surface area (Å²) in [6, 6.07) is 4.39. The summed E-state index contributed by atoms with van der Waals surface area (Å²) in [6.45, 7) is 0. The molecule has 0 aliphatic heterocycles. The summed E-state index contributed by atoms with van der Waals surface area (Å²) in [5.41, 5.74) is 0.366. The Bertz CT molecular complexity index is 578. The molecule has 18 heavy (non-hydrogen) atoms. The number of benzene rings is 1. The van der Waals surface area contributed by atoms with Gasteiger partial charge in [-0.1, -0.05) is 12.1 Å². The van der Waals surface area contributed by atoms with Crippen molar-refractivity contribution in [1.29, 1.82) is 0 Å². The van der Waals surface area contributed by atoms with Crippen LogP contribution in [-0.2, 0) is 0 Å². The normalized spacial score (nSPS) is 36.7. The van der Waals surface area contributed by atoms with Crippen LogP contribution in [0.4, 0.5) is 4.39 Å². The lowest BCUT2D eigenvalue weighted by Crippen LogP contribution is -2.40. The maximum atomic E-state index is 13.8.